The Hall–Kier alpha value is -1.50. The van der Waals surface area contributed by atoms with E-state index in [2.05, 4.69) is 39.0 Å². The zero-order valence-corrected chi connectivity index (χ0v) is 14.2. The van der Waals surface area contributed by atoms with Gasteiger partial charge >= 0.3 is 0 Å². The van der Waals surface area contributed by atoms with Crippen molar-refractivity contribution in [1.29, 1.82) is 0 Å². The first kappa shape index (κ1) is 14.1. The van der Waals surface area contributed by atoms with Gasteiger partial charge in [0.1, 0.15) is 22.6 Å². The van der Waals surface area contributed by atoms with Crippen molar-refractivity contribution in [2.24, 2.45) is 0 Å². The van der Waals surface area contributed by atoms with Gasteiger partial charge in [-0.1, -0.05) is 0 Å². The molecule has 4 rings (SSSR count). The van der Waals surface area contributed by atoms with Crippen LogP contribution in [0.3, 0.4) is 0 Å². The van der Waals surface area contributed by atoms with E-state index in [1.165, 1.54) is 16.5 Å². The number of ether oxygens (including phenoxy) is 1. The van der Waals surface area contributed by atoms with Crippen LogP contribution < -0.4 is 4.90 Å². The highest BCUT2D eigenvalue weighted by Crippen LogP contribution is 2.34. The molecule has 1 unspecified atom stereocenters. The number of hydrogen-bond acceptors (Lipinski definition) is 6. The zero-order chi connectivity index (χ0) is 15.1. The number of anilines is 1. The van der Waals surface area contributed by atoms with Crippen molar-refractivity contribution in [3.05, 3.63) is 39.2 Å². The van der Waals surface area contributed by atoms with Gasteiger partial charge in [-0.3, -0.25) is 0 Å². The van der Waals surface area contributed by atoms with Crippen molar-refractivity contribution in [2.45, 2.75) is 20.0 Å². The van der Waals surface area contributed by atoms with Gasteiger partial charge in [-0.2, -0.15) is 11.3 Å². The van der Waals surface area contributed by atoms with Gasteiger partial charge in [-0.05, 0) is 47.2 Å². The quantitative estimate of drug-likeness (QED) is 0.713. The molecular formula is C16H17N3OS2. The van der Waals surface area contributed by atoms with Gasteiger partial charge in [0, 0.05) is 13.1 Å². The highest BCUT2D eigenvalue weighted by Gasteiger charge is 2.25. The molecule has 114 valence electrons. The first-order chi connectivity index (χ1) is 10.7. The molecule has 1 fully saturated rings. The molecule has 1 atom stereocenters. The number of thiophene rings is 2. The number of morpholine rings is 1. The fraction of sp³-hybridized carbons (Fsp3) is 0.375. The molecule has 22 heavy (non-hydrogen) atoms. The summed E-state index contributed by atoms with van der Waals surface area (Å²) in [5, 5.41) is 7.64. The Kier molecular flexibility index (Phi) is 3.60. The maximum absolute atomic E-state index is 5.95. The van der Waals surface area contributed by atoms with Crippen molar-refractivity contribution in [3.8, 4) is 0 Å². The number of hydrogen-bond donors (Lipinski definition) is 0. The molecule has 0 radical (unpaired) electrons. The van der Waals surface area contributed by atoms with Crippen LogP contribution in [-0.4, -0.2) is 29.7 Å². The van der Waals surface area contributed by atoms with E-state index in [0.717, 1.165) is 36.2 Å². The Morgan fingerprint density at radius 3 is 3.00 bits per heavy atom. The predicted octanol–water partition coefficient (Wildman–Crippen LogP) is 3.95. The molecule has 3 aromatic rings. The zero-order valence-electron chi connectivity index (χ0n) is 12.6. The summed E-state index contributed by atoms with van der Waals surface area (Å²) in [6.45, 7) is 6.56. The Morgan fingerprint density at radius 1 is 1.27 bits per heavy atom. The average Bonchev–Trinajstić information content (AvgIpc) is 3.17. The minimum Gasteiger partial charge on any atom is -0.370 e. The number of fused-ring (bicyclic) bond motifs is 1. The van der Waals surface area contributed by atoms with Gasteiger partial charge in [0.05, 0.1) is 12.0 Å². The van der Waals surface area contributed by atoms with E-state index in [1.54, 1.807) is 22.7 Å². The molecule has 0 spiro atoms. The van der Waals surface area contributed by atoms with Gasteiger partial charge in [-0.15, -0.1) is 11.3 Å². The SMILES string of the molecule is Cc1nc(N2CCOC(c3ccsc3)C2)c2c(C)csc2n1. The van der Waals surface area contributed by atoms with Gasteiger partial charge in [0.2, 0.25) is 0 Å². The molecule has 1 aliphatic heterocycles. The summed E-state index contributed by atoms with van der Waals surface area (Å²) in [4.78, 5) is 12.7. The standard InChI is InChI=1S/C16H17N3OS2/c1-10-8-22-16-14(10)15(17-11(2)18-16)19-4-5-20-13(7-19)12-3-6-21-9-12/h3,6,8-9,13H,4-5,7H2,1-2H3. The summed E-state index contributed by atoms with van der Waals surface area (Å²) in [6, 6.07) is 2.15. The third-order valence-electron chi connectivity index (χ3n) is 3.99. The van der Waals surface area contributed by atoms with Gasteiger partial charge in [-0.25, -0.2) is 9.97 Å². The van der Waals surface area contributed by atoms with E-state index in [1.807, 2.05) is 6.92 Å². The Labute approximate surface area is 137 Å². The lowest BCUT2D eigenvalue weighted by Crippen LogP contribution is -2.39. The van der Waals surface area contributed by atoms with Gasteiger partial charge < -0.3 is 9.64 Å². The van der Waals surface area contributed by atoms with Crippen LogP contribution in [0.4, 0.5) is 5.82 Å². The Balaban J connectivity index is 1.73. The number of aryl methyl sites for hydroxylation is 2. The molecular weight excluding hydrogens is 314 g/mol. The van der Waals surface area contributed by atoms with Crippen LogP contribution in [0.1, 0.15) is 23.1 Å². The topological polar surface area (TPSA) is 38.2 Å². The van der Waals surface area contributed by atoms with Crippen LogP contribution in [0.15, 0.2) is 22.2 Å². The summed E-state index contributed by atoms with van der Waals surface area (Å²) in [6.07, 6.45) is 0.129. The smallest absolute Gasteiger partial charge is 0.141 e. The normalized spacial score (nSPS) is 19.0. The molecule has 4 heterocycles. The van der Waals surface area contributed by atoms with Crippen molar-refractivity contribution >= 4 is 38.7 Å². The lowest BCUT2D eigenvalue weighted by molar-refractivity contribution is 0.0399. The van der Waals surface area contributed by atoms with Crippen LogP contribution >= 0.6 is 22.7 Å². The van der Waals surface area contributed by atoms with E-state index >= 15 is 0 Å². The number of nitrogens with zero attached hydrogens (tertiary/aromatic N) is 3. The summed E-state index contributed by atoms with van der Waals surface area (Å²) < 4.78 is 5.95. The maximum Gasteiger partial charge on any atom is 0.141 e. The molecule has 1 saturated heterocycles. The summed E-state index contributed by atoms with van der Waals surface area (Å²) >= 11 is 3.41. The minimum absolute atomic E-state index is 0.129. The molecule has 0 aliphatic carbocycles. The molecule has 6 heteroatoms. The fourth-order valence-electron chi connectivity index (χ4n) is 2.90. The van der Waals surface area contributed by atoms with Crippen LogP contribution in [0.2, 0.25) is 0 Å². The van der Waals surface area contributed by atoms with Crippen molar-refractivity contribution in [3.63, 3.8) is 0 Å². The number of rotatable bonds is 2. The second-order valence-corrected chi connectivity index (χ2v) is 7.19. The largest absolute Gasteiger partial charge is 0.370 e. The van der Waals surface area contributed by atoms with E-state index < -0.39 is 0 Å². The van der Waals surface area contributed by atoms with E-state index in [9.17, 15) is 0 Å². The minimum atomic E-state index is 0.129. The molecule has 0 N–H and O–H groups in total. The monoisotopic (exact) mass is 331 g/mol. The first-order valence-corrected chi connectivity index (χ1v) is 9.15. The average molecular weight is 331 g/mol. The van der Waals surface area contributed by atoms with E-state index in [4.69, 9.17) is 9.72 Å². The summed E-state index contributed by atoms with van der Waals surface area (Å²) in [5.41, 5.74) is 2.52. The van der Waals surface area contributed by atoms with Crippen LogP contribution in [0.5, 0.6) is 0 Å². The van der Waals surface area contributed by atoms with Crippen LogP contribution in [-0.2, 0) is 4.74 Å². The van der Waals surface area contributed by atoms with Crippen LogP contribution in [0, 0.1) is 13.8 Å². The second-order valence-electron chi connectivity index (χ2n) is 5.56. The lowest BCUT2D eigenvalue weighted by atomic mass is 10.1. The van der Waals surface area contributed by atoms with Crippen molar-refractivity contribution < 1.29 is 4.74 Å². The summed E-state index contributed by atoms with van der Waals surface area (Å²) in [7, 11) is 0. The first-order valence-electron chi connectivity index (χ1n) is 7.33. The molecule has 0 amide bonds. The third-order valence-corrected chi connectivity index (χ3v) is 5.68. The predicted molar refractivity (Wildman–Crippen MR) is 92.1 cm³/mol. The van der Waals surface area contributed by atoms with Gasteiger partial charge in [0.15, 0.2) is 0 Å². The fourth-order valence-corrected chi connectivity index (χ4v) is 4.56. The van der Waals surface area contributed by atoms with Crippen LogP contribution in [0.25, 0.3) is 10.2 Å². The maximum atomic E-state index is 5.95. The second kappa shape index (κ2) is 5.61. The van der Waals surface area contributed by atoms with Crippen molar-refractivity contribution in [2.75, 3.05) is 24.6 Å². The van der Waals surface area contributed by atoms with E-state index in [-0.39, 0.29) is 6.10 Å². The number of aromatic nitrogens is 2. The lowest BCUT2D eigenvalue weighted by Gasteiger charge is -2.34. The third kappa shape index (κ3) is 2.41. The Morgan fingerprint density at radius 2 is 2.18 bits per heavy atom. The highest BCUT2D eigenvalue weighted by atomic mass is 32.1. The molecule has 4 nitrogen and oxygen atoms in total. The molecule has 0 aromatic carbocycles. The molecule has 1 aliphatic rings. The molecule has 0 saturated carbocycles. The highest BCUT2D eigenvalue weighted by molar-refractivity contribution is 7.17. The van der Waals surface area contributed by atoms with Crippen molar-refractivity contribution in [1.82, 2.24) is 9.97 Å². The van der Waals surface area contributed by atoms with E-state index in [0.29, 0.717) is 0 Å². The molecule has 3 aromatic heterocycles. The molecule has 0 bridgehead atoms. The summed E-state index contributed by atoms with van der Waals surface area (Å²) in [5.74, 6) is 1.90. The van der Waals surface area contributed by atoms with Gasteiger partial charge in [0.25, 0.3) is 0 Å². The Bertz CT molecular complexity index is 797.